The highest BCUT2D eigenvalue weighted by Crippen LogP contribution is 2.21. The molecule has 0 aliphatic carbocycles. The fourth-order valence-corrected chi connectivity index (χ4v) is 1.38. The van der Waals surface area contributed by atoms with Crippen LogP contribution >= 0.6 is 0 Å². The topological polar surface area (TPSA) is 69.4 Å². The van der Waals surface area contributed by atoms with Crippen molar-refractivity contribution in [1.82, 2.24) is 15.0 Å². The Morgan fingerprint density at radius 2 is 2.57 bits per heavy atom. The Morgan fingerprint density at radius 1 is 1.79 bits per heavy atom. The smallest absolute Gasteiger partial charge is 0.120 e. The van der Waals surface area contributed by atoms with E-state index in [9.17, 15) is 5.11 Å². The molecule has 1 N–H and O–H groups in total. The zero-order chi connectivity index (χ0) is 9.97. The van der Waals surface area contributed by atoms with Gasteiger partial charge in [-0.1, -0.05) is 5.21 Å². The van der Waals surface area contributed by atoms with E-state index in [0.717, 1.165) is 0 Å². The van der Waals surface area contributed by atoms with Crippen molar-refractivity contribution in [2.24, 2.45) is 0 Å². The quantitative estimate of drug-likeness (QED) is 0.710. The summed E-state index contributed by atoms with van der Waals surface area (Å²) in [4.78, 5) is 0. The summed E-state index contributed by atoms with van der Waals surface area (Å²) in [5, 5.41) is 17.4. The summed E-state index contributed by atoms with van der Waals surface area (Å²) in [5.74, 6) is 0. The number of nitrogens with zero attached hydrogens (tertiary/aromatic N) is 3. The van der Waals surface area contributed by atoms with Crippen LogP contribution in [0.5, 0.6) is 0 Å². The molecule has 1 aromatic rings. The Balaban J connectivity index is 2.11. The van der Waals surface area contributed by atoms with Gasteiger partial charge in [-0.15, -0.1) is 5.10 Å². The van der Waals surface area contributed by atoms with Gasteiger partial charge in [0.2, 0.25) is 0 Å². The first-order chi connectivity index (χ1) is 6.83. The SMILES string of the molecule is COC[C@H](O)c1cnnn1C1COC1. The first-order valence-electron chi connectivity index (χ1n) is 4.47. The number of hydrogen-bond acceptors (Lipinski definition) is 5. The Labute approximate surface area is 81.4 Å². The Morgan fingerprint density at radius 3 is 3.14 bits per heavy atom. The number of aliphatic hydroxyl groups is 1. The molecule has 6 heteroatoms. The van der Waals surface area contributed by atoms with Crippen molar-refractivity contribution in [3.05, 3.63) is 11.9 Å². The number of methoxy groups -OCH3 is 1. The highest BCUT2D eigenvalue weighted by molar-refractivity contribution is 5.01. The van der Waals surface area contributed by atoms with Crippen LogP contribution in [0.25, 0.3) is 0 Å². The van der Waals surface area contributed by atoms with Crippen molar-refractivity contribution in [3.8, 4) is 0 Å². The maximum Gasteiger partial charge on any atom is 0.120 e. The lowest BCUT2D eigenvalue weighted by atomic mass is 10.2. The van der Waals surface area contributed by atoms with Gasteiger partial charge in [0.15, 0.2) is 0 Å². The van der Waals surface area contributed by atoms with Crippen molar-refractivity contribution in [2.75, 3.05) is 26.9 Å². The molecule has 0 unspecified atom stereocenters. The van der Waals surface area contributed by atoms with Crippen LogP contribution in [0.4, 0.5) is 0 Å². The fraction of sp³-hybridized carbons (Fsp3) is 0.750. The maximum absolute atomic E-state index is 9.69. The van der Waals surface area contributed by atoms with E-state index in [1.807, 2.05) is 0 Å². The highest BCUT2D eigenvalue weighted by Gasteiger charge is 2.26. The van der Waals surface area contributed by atoms with Crippen LogP contribution in [0.1, 0.15) is 17.8 Å². The van der Waals surface area contributed by atoms with E-state index >= 15 is 0 Å². The third-order valence-electron chi connectivity index (χ3n) is 2.23. The van der Waals surface area contributed by atoms with Crippen LogP contribution in [0, 0.1) is 0 Å². The molecule has 14 heavy (non-hydrogen) atoms. The predicted molar refractivity (Wildman–Crippen MR) is 46.7 cm³/mol. The highest BCUT2D eigenvalue weighted by atomic mass is 16.5. The number of hydrogen-bond donors (Lipinski definition) is 1. The third-order valence-corrected chi connectivity index (χ3v) is 2.23. The van der Waals surface area contributed by atoms with E-state index in [1.54, 1.807) is 18.0 Å². The van der Waals surface area contributed by atoms with Gasteiger partial charge in [-0.05, 0) is 0 Å². The van der Waals surface area contributed by atoms with E-state index in [1.165, 1.54) is 0 Å². The van der Waals surface area contributed by atoms with E-state index in [-0.39, 0.29) is 12.6 Å². The Kier molecular flexibility index (Phi) is 2.76. The lowest BCUT2D eigenvalue weighted by Crippen LogP contribution is -2.33. The lowest BCUT2D eigenvalue weighted by molar-refractivity contribution is -0.0352. The molecule has 0 aromatic carbocycles. The van der Waals surface area contributed by atoms with Gasteiger partial charge in [-0.2, -0.15) is 0 Å². The van der Waals surface area contributed by atoms with Crippen molar-refractivity contribution in [3.63, 3.8) is 0 Å². The minimum Gasteiger partial charge on any atom is -0.384 e. The molecule has 1 aliphatic rings. The summed E-state index contributed by atoms with van der Waals surface area (Å²) in [5.41, 5.74) is 0.681. The van der Waals surface area contributed by atoms with Gasteiger partial charge in [0.25, 0.3) is 0 Å². The second kappa shape index (κ2) is 4.04. The van der Waals surface area contributed by atoms with E-state index < -0.39 is 6.10 Å². The normalized spacial score (nSPS) is 19.3. The molecule has 6 nitrogen and oxygen atoms in total. The van der Waals surface area contributed by atoms with Crippen LogP contribution in [0.3, 0.4) is 0 Å². The molecule has 1 fully saturated rings. The molecule has 1 saturated heterocycles. The summed E-state index contributed by atoms with van der Waals surface area (Å²) in [6.07, 6.45) is 0.887. The average Bonchev–Trinajstić information content (AvgIpc) is 2.50. The maximum atomic E-state index is 9.69. The van der Waals surface area contributed by atoms with Gasteiger partial charge in [0.1, 0.15) is 12.1 Å². The number of ether oxygens (including phenoxy) is 2. The molecule has 1 aliphatic heterocycles. The van der Waals surface area contributed by atoms with Crippen molar-refractivity contribution in [2.45, 2.75) is 12.1 Å². The Hall–Kier alpha value is -0.980. The van der Waals surface area contributed by atoms with E-state index in [2.05, 4.69) is 10.3 Å². The lowest BCUT2D eigenvalue weighted by Gasteiger charge is -2.27. The molecule has 1 atom stereocenters. The molecule has 2 rings (SSSR count). The van der Waals surface area contributed by atoms with Crippen LogP contribution in [-0.4, -0.2) is 47.0 Å². The molecule has 2 heterocycles. The minimum absolute atomic E-state index is 0.207. The molecule has 78 valence electrons. The molecular weight excluding hydrogens is 186 g/mol. The first kappa shape index (κ1) is 9.57. The summed E-state index contributed by atoms with van der Waals surface area (Å²) in [6, 6.07) is 0.207. The number of rotatable bonds is 4. The summed E-state index contributed by atoms with van der Waals surface area (Å²) >= 11 is 0. The van der Waals surface area contributed by atoms with E-state index in [4.69, 9.17) is 9.47 Å². The van der Waals surface area contributed by atoms with Crippen molar-refractivity contribution < 1.29 is 14.6 Å². The van der Waals surface area contributed by atoms with Gasteiger partial charge >= 0.3 is 0 Å². The summed E-state index contributed by atoms with van der Waals surface area (Å²) in [6.45, 7) is 1.52. The number of aliphatic hydroxyl groups excluding tert-OH is 1. The Bertz CT molecular complexity index is 298. The van der Waals surface area contributed by atoms with Gasteiger partial charge in [0, 0.05) is 7.11 Å². The largest absolute Gasteiger partial charge is 0.384 e. The molecule has 0 amide bonds. The first-order valence-corrected chi connectivity index (χ1v) is 4.47. The molecule has 0 bridgehead atoms. The minimum atomic E-state index is -0.671. The monoisotopic (exact) mass is 199 g/mol. The molecule has 1 aromatic heterocycles. The summed E-state index contributed by atoms with van der Waals surface area (Å²) in [7, 11) is 1.55. The zero-order valence-corrected chi connectivity index (χ0v) is 7.96. The van der Waals surface area contributed by atoms with Crippen LogP contribution in [0.15, 0.2) is 6.20 Å². The van der Waals surface area contributed by atoms with E-state index in [0.29, 0.717) is 18.9 Å². The van der Waals surface area contributed by atoms with Gasteiger partial charge in [-0.3, -0.25) is 0 Å². The predicted octanol–water partition coefficient (Wildman–Crippen LogP) is -0.471. The average molecular weight is 199 g/mol. The molecule has 0 spiro atoms. The fourth-order valence-electron chi connectivity index (χ4n) is 1.38. The second-order valence-electron chi connectivity index (χ2n) is 3.27. The van der Waals surface area contributed by atoms with Gasteiger partial charge in [0.05, 0.1) is 31.7 Å². The van der Waals surface area contributed by atoms with Crippen LogP contribution in [-0.2, 0) is 9.47 Å². The van der Waals surface area contributed by atoms with Gasteiger partial charge < -0.3 is 14.6 Å². The zero-order valence-electron chi connectivity index (χ0n) is 7.96. The van der Waals surface area contributed by atoms with Crippen molar-refractivity contribution in [1.29, 1.82) is 0 Å². The standard InChI is InChI=1S/C8H13N3O3/c1-13-5-8(12)7-2-9-10-11(7)6-3-14-4-6/h2,6,8,12H,3-5H2,1H3/t8-/m0/s1. The molecule has 0 radical (unpaired) electrons. The van der Waals surface area contributed by atoms with Crippen LogP contribution < -0.4 is 0 Å². The molecular formula is C8H13N3O3. The number of aromatic nitrogens is 3. The van der Waals surface area contributed by atoms with Crippen molar-refractivity contribution >= 4 is 0 Å². The van der Waals surface area contributed by atoms with Gasteiger partial charge in [-0.25, -0.2) is 4.68 Å². The van der Waals surface area contributed by atoms with Crippen LogP contribution in [0.2, 0.25) is 0 Å². The summed E-state index contributed by atoms with van der Waals surface area (Å²) < 4.78 is 11.6. The third kappa shape index (κ3) is 1.63. The molecule has 0 saturated carbocycles. The second-order valence-corrected chi connectivity index (χ2v) is 3.27.